The molecule has 1 atom stereocenters. The summed E-state index contributed by atoms with van der Waals surface area (Å²) in [7, 11) is 1.50. The van der Waals surface area contributed by atoms with Gasteiger partial charge < -0.3 is 5.73 Å². The maximum Gasteiger partial charge on any atom is 0.0578 e. The van der Waals surface area contributed by atoms with Gasteiger partial charge in [0, 0.05) is 6.04 Å². The van der Waals surface area contributed by atoms with Crippen LogP contribution in [0.4, 0.5) is 0 Å². The SMILES string of the molecule is C#CCNC1CCc2ccccc21.CN. The second-order valence-electron chi connectivity index (χ2n) is 3.38. The van der Waals surface area contributed by atoms with Crippen molar-refractivity contribution in [2.24, 2.45) is 5.73 Å². The predicted molar refractivity (Wildman–Crippen MR) is 64.5 cm³/mol. The van der Waals surface area contributed by atoms with Crippen LogP contribution < -0.4 is 11.1 Å². The van der Waals surface area contributed by atoms with Crippen molar-refractivity contribution in [3.8, 4) is 12.3 Å². The van der Waals surface area contributed by atoms with E-state index in [0.29, 0.717) is 12.6 Å². The van der Waals surface area contributed by atoms with Crippen LogP contribution in [0.1, 0.15) is 23.6 Å². The summed E-state index contributed by atoms with van der Waals surface area (Å²) in [5.41, 5.74) is 7.40. The molecule has 0 saturated carbocycles. The van der Waals surface area contributed by atoms with Gasteiger partial charge in [0.25, 0.3) is 0 Å². The number of nitrogens with two attached hydrogens (primary N) is 1. The van der Waals surface area contributed by atoms with E-state index in [-0.39, 0.29) is 0 Å². The molecule has 1 aliphatic rings. The Morgan fingerprint density at radius 3 is 2.93 bits per heavy atom. The molecule has 2 nitrogen and oxygen atoms in total. The number of aryl methyl sites for hydroxylation is 1. The average Bonchev–Trinajstić information content (AvgIpc) is 2.72. The smallest absolute Gasteiger partial charge is 0.0578 e. The fraction of sp³-hybridized carbons (Fsp3) is 0.385. The van der Waals surface area contributed by atoms with Crippen LogP contribution in [0, 0.1) is 12.3 Å². The molecule has 3 N–H and O–H groups in total. The molecule has 0 radical (unpaired) electrons. The Balaban J connectivity index is 0.000000531. The molecular weight excluding hydrogens is 184 g/mol. The molecular formula is C13H18N2. The number of hydrogen-bond acceptors (Lipinski definition) is 2. The summed E-state index contributed by atoms with van der Waals surface area (Å²) >= 11 is 0. The molecule has 0 bridgehead atoms. The molecule has 0 aromatic heterocycles. The van der Waals surface area contributed by atoms with Gasteiger partial charge in [0.15, 0.2) is 0 Å². The minimum Gasteiger partial charge on any atom is -0.333 e. The highest BCUT2D eigenvalue weighted by Gasteiger charge is 2.20. The minimum atomic E-state index is 0.479. The molecule has 1 aromatic carbocycles. The van der Waals surface area contributed by atoms with E-state index >= 15 is 0 Å². The van der Waals surface area contributed by atoms with Gasteiger partial charge in [0.1, 0.15) is 0 Å². The lowest BCUT2D eigenvalue weighted by molar-refractivity contribution is 0.568. The van der Waals surface area contributed by atoms with Crippen LogP contribution in [-0.4, -0.2) is 13.6 Å². The van der Waals surface area contributed by atoms with Crippen molar-refractivity contribution in [1.82, 2.24) is 5.32 Å². The number of fused-ring (bicyclic) bond motifs is 1. The Morgan fingerprint density at radius 1 is 1.47 bits per heavy atom. The second-order valence-corrected chi connectivity index (χ2v) is 3.38. The molecule has 1 unspecified atom stereocenters. The molecule has 2 heteroatoms. The highest BCUT2D eigenvalue weighted by Crippen LogP contribution is 2.30. The van der Waals surface area contributed by atoms with Crippen molar-refractivity contribution in [2.45, 2.75) is 18.9 Å². The first-order chi connectivity index (χ1) is 7.42. The molecule has 0 fully saturated rings. The van der Waals surface area contributed by atoms with E-state index in [2.05, 4.69) is 41.2 Å². The van der Waals surface area contributed by atoms with E-state index < -0.39 is 0 Å². The van der Waals surface area contributed by atoms with Gasteiger partial charge in [-0.3, -0.25) is 5.32 Å². The molecule has 2 rings (SSSR count). The maximum absolute atomic E-state index is 5.21. The zero-order valence-corrected chi connectivity index (χ0v) is 9.16. The summed E-state index contributed by atoms with van der Waals surface area (Å²) in [4.78, 5) is 0. The van der Waals surface area contributed by atoms with E-state index in [1.54, 1.807) is 0 Å². The second kappa shape index (κ2) is 6.23. The number of nitrogens with one attached hydrogen (secondary N) is 1. The molecule has 0 heterocycles. The van der Waals surface area contributed by atoms with Gasteiger partial charge in [0.05, 0.1) is 6.54 Å². The van der Waals surface area contributed by atoms with Crippen molar-refractivity contribution in [1.29, 1.82) is 0 Å². The number of rotatable bonds is 2. The lowest BCUT2D eigenvalue weighted by atomic mass is 10.1. The topological polar surface area (TPSA) is 38.0 Å². The van der Waals surface area contributed by atoms with Gasteiger partial charge in [-0.2, -0.15) is 0 Å². The Kier molecular flexibility index (Phi) is 4.89. The fourth-order valence-electron chi connectivity index (χ4n) is 1.95. The van der Waals surface area contributed by atoms with E-state index in [1.165, 1.54) is 31.0 Å². The van der Waals surface area contributed by atoms with Gasteiger partial charge in [-0.25, -0.2) is 0 Å². The molecule has 0 amide bonds. The first-order valence-electron chi connectivity index (χ1n) is 5.24. The van der Waals surface area contributed by atoms with Crippen molar-refractivity contribution < 1.29 is 0 Å². The quantitative estimate of drug-likeness (QED) is 0.713. The van der Waals surface area contributed by atoms with Crippen molar-refractivity contribution >= 4 is 0 Å². The molecule has 0 aliphatic heterocycles. The Morgan fingerprint density at radius 2 is 2.20 bits per heavy atom. The van der Waals surface area contributed by atoms with Crippen LogP contribution in [0.5, 0.6) is 0 Å². The first-order valence-corrected chi connectivity index (χ1v) is 5.24. The summed E-state index contributed by atoms with van der Waals surface area (Å²) in [6.45, 7) is 0.666. The Bertz CT molecular complexity index is 339. The first kappa shape index (κ1) is 11.8. The molecule has 0 saturated heterocycles. The summed E-state index contributed by atoms with van der Waals surface area (Å²) in [5.74, 6) is 2.61. The summed E-state index contributed by atoms with van der Waals surface area (Å²) in [5, 5.41) is 3.35. The lowest BCUT2D eigenvalue weighted by Gasteiger charge is -2.10. The van der Waals surface area contributed by atoms with E-state index in [4.69, 9.17) is 6.42 Å². The van der Waals surface area contributed by atoms with Crippen molar-refractivity contribution in [3.05, 3.63) is 35.4 Å². The monoisotopic (exact) mass is 202 g/mol. The van der Waals surface area contributed by atoms with Crippen LogP contribution in [-0.2, 0) is 6.42 Å². The van der Waals surface area contributed by atoms with Gasteiger partial charge in [-0.1, -0.05) is 30.2 Å². The largest absolute Gasteiger partial charge is 0.333 e. The van der Waals surface area contributed by atoms with E-state index in [0.717, 1.165) is 0 Å². The van der Waals surface area contributed by atoms with Gasteiger partial charge in [-0.05, 0) is 31.0 Å². The fourth-order valence-corrected chi connectivity index (χ4v) is 1.95. The third-order valence-corrected chi connectivity index (χ3v) is 2.58. The highest BCUT2D eigenvalue weighted by atomic mass is 14.9. The Hall–Kier alpha value is -1.30. The lowest BCUT2D eigenvalue weighted by Crippen LogP contribution is -2.19. The third kappa shape index (κ3) is 2.82. The number of hydrogen-bond donors (Lipinski definition) is 2. The highest BCUT2D eigenvalue weighted by molar-refractivity contribution is 5.34. The normalized spacial score (nSPS) is 17.3. The summed E-state index contributed by atoms with van der Waals surface area (Å²) in [6, 6.07) is 9.06. The molecule has 15 heavy (non-hydrogen) atoms. The molecule has 1 aliphatic carbocycles. The molecule has 0 spiro atoms. The van der Waals surface area contributed by atoms with Crippen LogP contribution in [0.25, 0.3) is 0 Å². The third-order valence-electron chi connectivity index (χ3n) is 2.58. The zero-order valence-electron chi connectivity index (χ0n) is 9.16. The molecule has 80 valence electrons. The summed E-state index contributed by atoms with van der Waals surface area (Å²) < 4.78 is 0. The van der Waals surface area contributed by atoms with Gasteiger partial charge in [-0.15, -0.1) is 6.42 Å². The van der Waals surface area contributed by atoms with Crippen LogP contribution in [0.3, 0.4) is 0 Å². The summed E-state index contributed by atoms with van der Waals surface area (Å²) in [6.07, 6.45) is 7.57. The number of terminal acetylenes is 1. The maximum atomic E-state index is 5.21. The van der Waals surface area contributed by atoms with Gasteiger partial charge >= 0.3 is 0 Å². The number of benzene rings is 1. The predicted octanol–water partition coefficient (Wildman–Crippen LogP) is 1.47. The van der Waals surface area contributed by atoms with Crippen LogP contribution >= 0.6 is 0 Å². The zero-order chi connectivity index (χ0) is 11.1. The molecule has 1 aromatic rings. The standard InChI is InChI=1S/C12H13N.CH5N/c1-2-9-13-12-8-7-10-5-3-4-6-11(10)12;1-2/h1,3-6,12-13H,7-9H2;2H2,1H3. The average molecular weight is 202 g/mol. The van der Waals surface area contributed by atoms with Crippen LogP contribution in [0.15, 0.2) is 24.3 Å². The van der Waals surface area contributed by atoms with E-state index in [1.807, 2.05) is 0 Å². The van der Waals surface area contributed by atoms with Gasteiger partial charge in [0.2, 0.25) is 0 Å². The minimum absolute atomic E-state index is 0.479. The Labute approximate surface area is 91.9 Å². The van der Waals surface area contributed by atoms with Crippen molar-refractivity contribution in [3.63, 3.8) is 0 Å². The van der Waals surface area contributed by atoms with Crippen molar-refractivity contribution in [2.75, 3.05) is 13.6 Å². The van der Waals surface area contributed by atoms with E-state index in [9.17, 15) is 0 Å². The van der Waals surface area contributed by atoms with Crippen LogP contribution in [0.2, 0.25) is 0 Å².